The highest BCUT2D eigenvalue weighted by Crippen LogP contribution is 2.18. The molecule has 0 bridgehead atoms. The van der Waals surface area contributed by atoms with Gasteiger partial charge in [-0.25, -0.2) is 13.5 Å². The second-order valence-electron chi connectivity index (χ2n) is 7.24. The first-order chi connectivity index (χ1) is 14.5. The van der Waals surface area contributed by atoms with Crippen LogP contribution in [0.1, 0.15) is 21.6 Å². The van der Waals surface area contributed by atoms with Crippen molar-refractivity contribution in [2.24, 2.45) is 0 Å². The van der Waals surface area contributed by atoms with Gasteiger partial charge in [0, 0.05) is 37.7 Å². The number of aromatic nitrogens is 3. The first-order valence-corrected chi connectivity index (χ1v) is 9.96. The van der Waals surface area contributed by atoms with E-state index >= 15 is 0 Å². The largest absolute Gasteiger partial charge is 0.335 e. The van der Waals surface area contributed by atoms with Crippen LogP contribution in [0, 0.1) is 11.6 Å². The van der Waals surface area contributed by atoms with Crippen LogP contribution >= 0.6 is 11.6 Å². The lowest BCUT2D eigenvalue weighted by Crippen LogP contribution is -2.48. The molecule has 1 aliphatic rings. The zero-order valence-corrected chi connectivity index (χ0v) is 16.9. The van der Waals surface area contributed by atoms with Crippen molar-refractivity contribution in [1.29, 1.82) is 0 Å². The van der Waals surface area contributed by atoms with Crippen LogP contribution in [0.5, 0.6) is 0 Å². The lowest BCUT2D eigenvalue weighted by atomic mass is 10.2. The number of carbonyl (C=O) groups excluding carboxylic acids is 1. The van der Waals surface area contributed by atoms with Crippen molar-refractivity contribution < 1.29 is 13.6 Å². The average Bonchev–Trinajstić information content (AvgIpc) is 3.19. The fourth-order valence-corrected chi connectivity index (χ4v) is 3.69. The summed E-state index contributed by atoms with van der Waals surface area (Å²) in [6.07, 6.45) is 1.57. The molecule has 0 spiro atoms. The van der Waals surface area contributed by atoms with Gasteiger partial charge in [0.1, 0.15) is 11.6 Å². The van der Waals surface area contributed by atoms with Crippen molar-refractivity contribution in [3.63, 3.8) is 0 Å². The Morgan fingerprint density at radius 2 is 1.77 bits per heavy atom. The standard InChI is InChI=1S/C21H20ClF2N5O/c22-19-11-18(24)5-4-16(19)13-29-14-20(25-26-29)21(30)28-8-6-27(7-9-28)12-15-2-1-3-17(23)10-15/h1-5,10-11,14H,6-9,12-13H2. The predicted molar refractivity (Wildman–Crippen MR) is 108 cm³/mol. The fraction of sp³-hybridized carbons (Fsp3) is 0.286. The third-order valence-electron chi connectivity index (χ3n) is 5.06. The van der Waals surface area contributed by atoms with Crippen LogP contribution in [-0.2, 0) is 13.1 Å². The summed E-state index contributed by atoms with van der Waals surface area (Å²) in [5.41, 5.74) is 1.86. The molecule has 0 atom stereocenters. The molecule has 3 aromatic rings. The van der Waals surface area contributed by atoms with E-state index in [-0.39, 0.29) is 17.4 Å². The quantitative estimate of drug-likeness (QED) is 0.622. The second-order valence-corrected chi connectivity index (χ2v) is 7.64. The molecule has 4 rings (SSSR count). The molecular weight excluding hydrogens is 412 g/mol. The van der Waals surface area contributed by atoms with Crippen LogP contribution in [0.25, 0.3) is 0 Å². The van der Waals surface area contributed by atoms with E-state index in [1.807, 2.05) is 6.07 Å². The van der Waals surface area contributed by atoms with Gasteiger partial charge in [0.05, 0.1) is 12.7 Å². The first-order valence-electron chi connectivity index (χ1n) is 9.58. The summed E-state index contributed by atoms with van der Waals surface area (Å²) in [5.74, 6) is -0.835. The minimum atomic E-state index is -0.408. The molecule has 0 saturated carbocycles. The monoisotopic (exact) mass is 431 g/mol. The molecule has 156 valence electrons. The van der Waals surface area contributed by atoms with Gasteiger partial charge in [0.15, 0.2) is 5.69 Å². The van der Waals surface area contributed by atoms with Gasteiger partial charge in [0.25, 0.3) is 5.91 Å². The van der Waals surface area contributed by atoms with Gasteiger partial charge in [-0.15, -0.1) is 5.10 Å². The summed E-state index contributed by atoms with van der Waals surface area (Å²) in [5, 5.41) is 8.27. The SMILES string of the molecule is O=C(c1cn(Cc2ccc(F)cc2Cl)nn1)N1CCN(Cc2cccc(F)c2)CC1. The summed E-state index contributed by atoms with van der Waals surface area (Å²) in [6.45, 7) is 3.45. The molecule has 1 saturated heterocycles. The van der Waals surface area contributed by atoms with Crippen LogP contribution in [0.2, 0.25) is 5.02 Å². The highest BCUT2D eigenvalue weighted by molar-refractivity contribution is 6.31. The molecule has 1 aliphatic heterocycles. The molecule has 2 heterocycles. The second kappa shape index (κ2) is 8.89. The maximum absolute atomic E-state index is 13.3. The number of nitrogens with zero attached hydrogens (tertiary/aromatic N) is 5. The summed E-state index contributed by atoms with van der Waals surface area (Å²) >= 11 is 6.05. The molecule has 6 nitrogen and oxygen atoms in total. The van der Waals surface area contributed by atoms with Gasteiger partial charge in [-0.2, -0.15) is 0 Å². The van der Waals surface area contributed by atoms with Gasteiger partial charge in [-0.05, 0) is 35.4 Å². The van der Waals surface area contributed by atoms with Gasteiger partial charge < -0.3 is 4.90 Å². The van der Waals surface area contributed by atoms with E-state index in [1.54, 1.807) is 23.2 Å². The Morgan fingerprint density at radius 3 is 2.50 bits per heavy atom. The van der Waals surface area contributed by atoms with Crippen LogP contribution in [0.15, 0.2) is 48.7 Å². The molecule has 0 N–H and O–H groups in total. The summed E-state index contributed by atoms with van der Waals surface area (Å²) in [4.78, 5) is 16.7. The van der Waals surface area contributed by atoms with Crippen LogP contribution < -0.4 is 0 Å². The fourth-order valence-electron chi connectivity index (χ4n) is 3.46. The normalized spacial score (nSPS) is 14.8. The van der Waals surface area contributed by atoms with Gasteiger partial charge >= 0.3 is 0 Å². The van der Waals surface area contributed by atoms with Gasteiger partial charge in [-0.3, -0.25) is 9.69 Å². The number of carbonyl (C=O) groups is 1. The third kappa shape index (κ3) is 4.83. The van der Waals surface area contributed by atoms with E-state index in [4.69, 9.17) is 11.6 Å². The molecule has 2 aromatic carbocycles. The van der Waals surface area contributed by atoms with Crippen molar-refractivity contribution in [1.82, 2.24) is 24.8 Å². The van der Waals surface area contributed by atoms with Crippen LogP contribution in [-0.4, -0.2) is 56.9 Å². The summed E-state index contributed by atoms with van der Waals surface area (Å²) in [7, 11) is 0. The van der Waals surface area contributed by atoms with Gasteiger partial charge in [-0.1, -0.05) is 35.0 Å². The predicted octanol–water partition coefficient (Wildman–Crippen LogP) is 3.22. The summed E-state index contributed by atoms with van der Waals surface area (Å²) in [6, 6.07) is 10.7. The first kappa shape index (κ1) is 20.4. The third-order valence-corrected chi connectivity index (χ3v) is 5.41. The Balaban J connectivity index is 1.33. The highest BCUT2D eigenvalue weighted by atomic mass is 35.5. The minimum absolute atomic E-state index is 0.183. The zero-order chi connectivity index (χ0) is 21.1. The Morgan fingerprint density at radius 1 is 1.00 bits per heavy atom. The summed E-state index contributed by atoms with van der Waals surface area (Å²) < 4.78 is 28.0. The van der Waals surface area contributed by atoms with E-state index in [1.165, 1.54) is 28.9 Å². The average molecular weight is 432 g/mol. The van der Waals surface area contributed by atoms with Crippen molar-refractivity contribution >= 4 is 17.5 Å². The number of halogens is 3. The maximum atomic E-state index is 13.3. The molecule has 1 amide bonds. The lowest BCUT2D eigenvalue weighted by molar-refractivity contribution is 0.0622. The van der Waals surface area contributed by atoms with E-state index in [0.717, 1.165) is 5.56 Å². The van der Waals surface area contributed by atoms with Crippen LogP contribution in [0.3, 0.4) is 0 Å². The molecule has 0 radical (unpaired) electrons. The van der Waals surface area contributed by atoms with E-state index in [2.05, 4.69) is 15.2 Å². The minimum Gasteiger partial charge on any atom is -0.335 e. The number of piperazine rings is 1. The highest BCUT2D eigenvalue weighted by Gasteiger charge is 2.24. The van der Waals surface area contributed by atoms with Crippen molar-refractivity contribution in [2.75, 3.05) is 26.2 Å². The Hall–Kier alpha value is -2.84. The molecule has 0 unspecified atom stereocenters. The molecule has 30 heavy (non-hydrogen) atoms. The van der Waals surface area contributed by atoms with E-state index < -0.39 is 5.82 Å². The van der Waals surface area contributed by atoms with Crippen molar-refractivity contribution in [3.8, 4) is 0 Å². The number of hydrogen-bond donors (Lipinski definition) is 0. The number of rotatable bonds is 5. The smallest absolute Gasteiger partial charge is 0.276 e. The van der Waals surface area contributed by atoms with E-state index in [9.17, 15) is 13.6 Å². The molecule has 0 aliphatic carbocycles. The maximum Gasteiger partial charge on any atom is 0.276 e. The van der Waals surface area contributed by atoms with Crippen LogP contribution in [0.4, 0.5) is 8.78 Å². The molecule has 1 fully saturated rings. The molecule has 1 aromatic heterocycles. The molecular formula is C21H20ClF2N5O. The number of amides is 1. The number of benzene rings is 2. The number of hydrogen-bond acceptors (Lipinski definition) is 4. The Labute approximate surface area is 177 Å². The Kier molecular flexibility index (Phi) is 6.06. The lowest BCUT2D eigenvalue weighted by Gasteiger charge is -2.34. The van der Waals surface area contributed by atoms with Gasteiger partial charge in [0.2, 0.25) is 0 Å². The Bertz CT molecular complexity index is 1050. The van der Waals surface area contributed by atoms with Crippen molar-refractivity contribution in [3.05, 3.63) is 82.1 Å². The molecule has 9 heteroatoms. The topological polar surface area (TPSA) is 54.3 Å². The van der Waals surface area contributed by atoms with Crippen molar-refractivity contribution in [2.45, 2.75) is 13.1 Å². The van der Waals surface area contributed by atoms with E-state index in [0.29, 0.717) is 49.9 Å². The zero-order valence-electron chi connectivity index (χ0n) is 16.1.